The Morgan fingerprint density at radius 2 is 1.88 bits per heavy atom. The molecular weight excluding hydrogens is 370 g/mol. The average Bonchev–Trinajstić information content (AvgIpc) is 3.19. The number of sulfonamides is 1. The Bertz CT molecular complexity index is 784. The van der Waals surface area contributed by atoms with Gasteiger partial charge >= 0.3 is 0 Å². The normalized spacial score (nSPS) is 17.2. The van der Waals surface area contributed by atoms with Crippen molar-refractivity contribution in [3.63, 3.8) is 0 Å². The average molecular weight is 396 g/mol. The lowest BCUT2D eigenvalue weighted by molar-refractivity contribution is 0.0172. The van der Waals surface area contributed by atoms with Gasteiger partial charge in [0.2, 0.25) is 10.0 Å². The van der Waals surface area contributed by atoms with Crippen LogP contribution < -0.4 is 9.62 Å². The van der Waals surface area contributed by atoms with Gasteiger partial charge in [-0.2, -0.15) is 0 Å². The van der Waals surface area contributed by atoms with E-state index >= 15 is 0 Å². The second kappa shape index (κ2) is 8.49. The summed E-state index contributed by atoms with van der Waals surface area (Å²) < 4.78 is 33.6. The molecule has 2 heterocycles. The van der Waals surface area contributed by atoms with E-state index < -0.39 is 10.0 Å². The van der Waals surface area contributed by atoms with Crippen LogP contribution in [0.15, 0.2) is 46.0 Å². The van der Waals surface area contributed by atoms with Gasteiger partial charge in [-0.05, 0) is 29.1 Å². The zero-order chi connectivity index (χ0) is 18.6. The van der Waals surface area contributed by atoms with Crippen molar-refractivity contribution in [3.05, 3.63) is 47.3 Å². The van der Waals surface area contributed by atoms with Gasteiger partial charge in [0.05, 0.1) is 13.2 Å². The molecule has 1 atom stereocenters. The molecule has 1 N–H and O–H groups in total. The third kappa shape index (κ3) is 4.63. The monoisotopic (exact) mass is 395 g/mol. The van der Waals surface area contributed by atoms with E-state index in [2.05, 4.69) is 33.9 Å². The second-order valence-corrected chi connectivity index (χ2v) is 9.38. The fraction of sp³-hybridized carbons (Fsp3) is 0.444. The summed E-state index contributed by atoms with van der Waals surface area (Å²) >= 11 is 1.23. The Hall–Kier alpha value is -1.45. The molecule has 1 aliphatic heterocycles. The van der Waals surface area contributed by atoms with Gasteiger partial charge in [0.25, 0.3) is 0 Å². The van der Waals surface area contributed by atoms with Crippen molar-refractivity contribution in [1.29, 1.82) is 0 Å². The maximum Gasteiger partial charge on any atom is 0.250 e. The van der Waals surface area contributed by atoms with E-state index in [-0.39, 0.29) is 6.04 Å². The fourth-order valence-electron chi connectivity index (χ4n) is 3.02. The summed E-state index contributed by atoms with van der Waals surface area (Å²) in [5, 5.41) is 1.77. The van der Waals surface area contributed by atoms with Crippen LogP contribution in [0.1, 0.15) is 11.6 Å². The molecule has 8 heteroatoms. The van der Waals surface area contributed by atoms with Crippen LogP contribution in [0.25, 0.3) is 0 Å². The number of nitrogens with zero attached hydrogens (tertiary/aromatic N) is 2. The van der Waals surface area contributed by atoms with Gasteiger partial charge in [0.1, 0.15) is 4.21 Å². The highest BCUT2D eigenvalue weighted by Crippen LogP contribution is 2.25. The lowest BCUT2D eigenvalue weighted by Gasteiger charge is -2.35. The molecule has 1 fully saturated rings. The molecule has 0 aliphatic carbocycles. The van der Waals surface area contributed by atoms with Crippen LogP contribution in [0.2, 0.25) is 0 Å². The van der Waals surface area contributed by atoms with Crippen molar-refractivity contribution in [1.82, 2.24) is 9.62 Å². The standard InChI is InChI=1S/C18H25N3O3S2/c1-20(2)16-7-5-15(6-8-16)17(21-9-11-24-12-10-21)14-19-26(22,23)18-4-3-13-25-18/h3-8,13,17,19H,9-12,14H2,1-2H3. The van der Waals surface area contributed by atoms with Crippen molar-refractivity contribution in [2.24, 2.45) is 0 Å². The maximum absolute atomic E-state index is 12.5. The van der Waals surface area contributed by atoms with Crippen LogP contribution in [0, 0.1) is 0 Å². The Kier molecular flexibility index (Phi) is 6.31. The fourth-order valence-corrected chi connectivity index (χ4v) is 5.09. The number of morpholine rings is 1. The SMILES string of the molecule is CN(C)c1ccc(C(CNS(=O)(=O)c2cccs2)N2CCOCC2)cc1. The number of rotatable bonds is 7. The van der Waals surface area contributed by atoms with E-state index in [4.69, 9.17) is 4.74 Å². The second-order valence-electron chi connectivity index (χ2n) is 6.43. The molecule has 26 heavy (non-hydrogen) atoms. The molecule has 142 valence electrons. The maximum atomic E-state index is 12.5. The summed E-state index contributed by atoms with van der Waals surface area (Å²) in [6.07, 6.45) is 0. The Labute approximate surface area is 159 Å². The van der Waals surface area contributed by atoms with Gasteiger partial charge in [-0.25, -0.2) is 13.1 Å². The van der Waals surface area contributed by atoms with Gasteiger partial charge in [-0.15, -0.1) is 11.3 Å². The Morgan fingerprint density at radius 3 is 2.46 bits per heavy atom. The van der Waals surface area contributed by atoms with E-state index in [1.165, 1.54) is 11.3 Å². The number of ether oxygens (including phenoxy) is 1. The quantitative estimate of drug-likeness (QED) is 0.779. The first kappa shape index (κ1) is 19.3. The minimum absolute atomic E-state index is 0.0233. The van der Waals surface area contributed by atoms with Gasteiger partial charge in [0, 0.05) is 45.5 Å². The van der Waals surface area contributed by atoms with Crippen LogP contribution in [0.5, 0.6) is 0 Å². The summed E-state index contributed by atoms with van der Waals surface area (Å²) in [6.45, 7) is 3.26. The van der Waals surface area contributed by atoms with Crippen LogP contribution in [-0.2, 0) is 14.8 Å². The van der Waals surface area contributed by atoms with Crippen LogP contribution >= 0.6 is 11.3 Å². The van der Waals surface area contributed by atoms with Crippen LogP contribution in [0.4, 0.5) is 5.69 Å². The van der Waals surface area contributed by atoms with Gasteiger partial charge in [-0.3, -0.25) is 4.90 Å². The molecule has 6 nitrogen and oxygen atoms in total. The third-order valence-electron chi connectivity index (χ3n) is 4.51. The number of hydrogen-bond donors (Lipinski definition) is 1. The summed E-state index contributed by atoms with van der Waals surface area (Å²) in [6, 6.07) is 11.6. The zero-order valence-electron chi connectivity index (χ0n) is 15.1. The lowest BCUT2D eigenvalue weighted by atomic mass is 10.0. The highest BCUT2D eigenvalue weighted by molar-refractivity contribution is 7.91. The van der Waals surface area contributed by atoms with Crippen molar-refractivity contribution in [3.8, 4) is 0 Å². The van der Waals surface area contributed by atoms with E-state index in [0.29, 0.717) is 24.0 Å². The topological polar surface area (TPSA) is 61.9 Å². The molecule has 0 radical (unpaired) electrons. The number of thiophene rings is 1. The predicted octanol–water partition coefficient (Wildman–Crippen LogP) is 2.17. The Balaban J connectivity index is 1.79. The van der Waals surface area contributed by atoms with Crippen molar-refractivity contribution < 1.29 is 13.2 Å². The van der Waals surface area contributed by atoms with E-state index in [1.54, 1.807) is 17.5 Å². The van der Waals surface area contributed by atoms with E-state index in [9.17, 15) is 8.42 Å². The Morgan fingerprint density at radius 1 is 1.19 bits per heavy atom. The number of hydrogen-bond acceptors (Lipinski definition) is 6. The van der Waals surface area contributed by atoms with E-state index in [1.807, 2.05) is 19.0 Å². The summed E-state index contributed by atoms with van der Waals surface area (Å²) in [4.78, 5) is 4.33. The molecule has 0 bridgehead atoms. The molecule has 0 spiro atoms. The number of anilines is 1. The van der Waals surface area contributed by atoms with Crippen molar-refractivity contribution in [2.75, 3.05) is 51.8 Å². The third-order valence-corrected chi connectivity index (χ3v) is 7.33. The minimum atomic E-state index is -3.48. The minimum Gasteiger partial charge on any atom is -0.379 e. The highest BCUT2D eigenvalue weighted by atomic mass is 32.2. The molecule has 0 amide bonds. The first-order chi connectivity index (χ1) is 12.5. The molecular formula is C18H25N3O3S2. The van der Waals surface area contributed by atoms with E-state index in [0.717, 1.165) is 24.3 Å². The summed E-state index contributed by atoms with van der Waals surface area (Å²) in [7, 11) is 0.529. The van der Waals surface area contributed by atoms with Crippen LogP contribution in [0.3, 0.4) is 0 Å². The van der Waals surface area contributed by atoms with Crippen molar-refractivity contribution >= 4 is 27.0 Å². The van der Waals surface area contributed by atoms with Crippen LogP contribution in [-0.4, -0.2) is 60.3 Å². The number of nitrogens with one attached hydrogen (secondary N) is 1. The molecule has 1 aromatic heterocycles. The molecule has 0 saturated carbocycles. The number of benzene rings is 1. The highest BCUT2D eigenvalue weighted by Gasteiger charge is 2.25. The smallest absolute Gasteiger partial charge is 0.250 e. The molecule has 2 aromatic rings. The molecule has 1 aliphatic rings. The zero-order valence-corrected chi connectivity index (χ0v) is 16.7. The van der Waals surface area contributed by atoms with Crippen molar-refractivity contribution in [2.45, 2.75) is 10.3 Å². The first-order valence-corrected chi connectivity index (χ1v) is 11.0. The lowest BCUT2D eigenvalue weighted by Crippen LogP contribution is -2.43. The molecule has 1 saturated heterocycles. The first-order valence-electron chi connectivity index (χ1n) is 8.59. The van der Waals surface area contributed by atoms with Gasteiger partial charge in [-0.1, -0.05) is 18.2 Å². The largest absolute Gasteiger partial charge is 0.379 e. The van der Waals surface area contributed by atoms with Gasteiger partial charge < -0.3 is 9.64 Å². The van der Waals surface area contributed by atoms with Gasteiger partial charge in [0.15, 0.2) is 0 Å². The molecule has 1 aromatic carbocycles. The molecule has 3 rings (SSSR count). The summed E-state index contributed by atoms with van der Waals surface area (Å²) in [5.41, 5.74) is 2.22. The molecule has 1 unspecified atom stereocenters. The predicted molar refractivity (Wildman–Crippen MR) is 105 cm³/mol. The summed E-state index contributed by atoms with van der Waals surface area (Å²) in [5.74, 6) is 0.